The van der Waals surface area contributed by atoms with Crippen molar-refractivity contribution >= 4 is 45.8 Å². The lowest BCUT2D eigenvalue weighted by atomic mass is 9.98. The van der Waals surface area contributed by atoms with Gasteiger partial charge in [-0.25, -0.2) is 9.97 Å². The first-order valence-corrected chi connectivity index (χ1v) is 11.3. The molecule has 0 unspecified atom stereocenters. The number of alkyl halides is 3. The summed E-state index contributed by atoms with van der Waals surface area (Å²) in [5.74, 6) is -0.976. The SMILES string of the molecule is Cc1ccc(NC(=O)c2ccc(Cl)c(C(F)(F)F)c2)cc1NC(=O)C1(c2ncnc3[nH]ccc23)CC1. The Hall–Kier alpha value is -3.92. The van der Waals surface area contributed by atoms with Gasteiger partial charge in [0.25, 0.3) is 5.91 Å². The van der Waals surface area contributed by atoms with Crippen LogP contribution < -0.4 is 10.6 Å². The van der Waals surface area contributed by atoms with E-state index in [-0.39, 0.29) is 11.5 Å². The summed E-state index contributed by atoms with van der Waals surface area (Å²) < 4.78 is 39.5. The molecule has 3 N–H and O–H groups in total. The number of halogens is 4. The Morgan fingerprint density at radius 2 is 1.83 bits per heavy atom. The molecule has 184 valence electrons. The van der Waals surface area contributed by atoms with Crippen LogP contribution in [0, 0.1) is 6.92 Å². The Kier molecular flexibility index (Phi) is 5.71. The van der Waals surface area contributed by atoms with Crippen LogP contribution in [0.3, 0.4) is 0 Å². The topological polar surface area (TPSA) is 99.8 Å². The van der Waals surface area contributed by atoms with Gasteiger partial charge in [-0.3, -0.25) is 9.59 Å². The number of carbonyl (C=O) groups excluding carboxylic acids is 2. The van der Waals surface area contributed by atoms with E-state index in [1.54, 1.807) is 31.3 Å². The predicted molar refractivity (Wildman–Crippen MR) is 129 cm³/mol. The molecule has 2 amide bonds. The maximum absolute atomic E-state index is 13.3. The van der Waals surface area contributed by atoms with Gasteiger partial charge in [-0.2, -0.15) is 13.2 Å². The Morgan fingerprint density at radius 3 is 2.56 bits per heavy atom. The smallest absolute Gasteiger partial charge is 0.346 e. The number of benzene rings is 2. The van der Waals surface area contributed by atoms with Crippen LogP contribution in [0.15, 0.2) is 55.0 Å². The summed E-state index contributed by atoms with van der Waals surface area (Å²) in [5, 5.41) is 5.80. The molecule has 36 heavy (non-hydrogen) atoms. The van der Waals surface area contributed by atoms with Crippen molar-refractivity contribution in [3.8, 4) is 0 Å². The standard InChI is InChI=1S/C25H19ClF3N5O2/c1-13-2-4-15(33-22(35)14-3-5-18(26)17(10-14)25(27,28)29)11-19(13)34-23(36)24(7-8-24)20-16-6-9-30-21(16)32-12-31-20/h2-6,9-12H,7-8H2,1H3,(H,33,35)(H,34,36)(H,30,31,32). The summed E-state index contributed by atoms with van der Waals surface area (Å²) in [4.78, 5) is 37.6. The van der Waals surface area contributed by atoms with Crippen molar-refractivity contribution in [2.75, 3.05) is 10.6 Å². The maximum Gasteiger partial charge on any atom is 0.417 e. The molecule has 2 aromatic carbocycles. The number of anilines is 2. The van der Waals surface area contributed by atoms with Crippen molar-refractivity contribution < 1.29 is 22.8 Å². The zero-order valence-corrected chi connectivity index (χ0v) is 19.6. The van der Waals surface area contributed by atoms with Gasteiger partial charge in [-0.15, -0.1) is 0 Å². The molecule has 0 radical (unpaired) electrons. The van der Waals surface area contributed by atoms with Crippen molar-refractivity contribution in [1.82, 2.24) is 15.0 Å². The highest BCUT2D eigenvalue weighted by molar-refractivity contribution is 6.31. The zero-order chi connectivity index (χ0) is 25.7. The minimum atomic E-state index is -4.69. The van der Waals surface area contributed by atoms with Gasteiger partial charge < -0.3 is 15.6 Å². The number of aryl methyl sites for hydroxylation is 1. The number of carbonyl (C=O) groups is 2. The second kappa shape index (κ2) is 8.63. The number of nitrogens with zero attached hydrogens (tertiary/aromatic N) is 2. The summed E-state index contributed by atoms with van der Waals surface area (Å²) in [5.41, 5.74) is 0.746. The average molecular weight is 514 g/mol. The van der Waals surface area contributed by atoms with Gasteiger partial charge in [-0.05, 0) is 61.7 Å². The average Bonchev–Trinajstić information content (AvgIpc) is 3.50. The second-order valence-corrected chi connectivity index (χ2v) is 9.08. The van der Waals surface area contributed by atoms with Crippen LogP contribution in [0.4, 0.5) is 24.5 Å². The fourth-order valence-corrected chi connectivity index (χ4v) is 4.34. The molecule has 1 aliphatic carbocycles. The van der Waals surface area contributed by atoms with Gasteiger partial charge in [0, 0.05) is 28.5 Å². The molecule has 0 saturated heterocycles. The lowest BCUT2D eigenvalue weighted by Gasteiger charge is -2.17. The van der Waals surface area contributed by atoms with Crippen LogP contribution in [0.25, 0.3) is 11.0 Å². The number of aromatic amines is 1. The minimum absolute atomic E-state index is 0.200. The van der Waals surface area contributed by atoms with Crippen molar-refractivity contribution in [3.63, 3.8) is 0 Å². The summed E-state index contributed by atoms with van der Waals surface area (Å²) in [6.45, 7) is 1.80. The van der Waals surface area contributed by atoms with E-state index in [1.807, 2.05) is 6.07 Å². The zero-order valence-electron chi connectivity index (χ0n) is 18.8. The number of aromatic nitrogens is 3. The van der Waals surface area contributed by atoms with E-state index in [2.05, 4.69) is 25.6 Å². The first-order valence-electron chi connectivity index (χ1n) is 11.0. The van der Waals surface area contributed by atoms with Gasteiger partial charge in [0.1, 0.15) is 12.0 Å². The second-order valence-electron chi connectivity index (χ2n) is 8.67. The fraction of sp³-hybridized carbons (Fsp3) is 0.200. The molecule has 0 bridgehead atoms. The van der Waals surface area contributed by atoms with E-state index >= 15 is 0 Å². The summed E-state index contributed by atoms with van der Waals surface area (Å²) in [7, 11) is 0. The number of hydrogen-bond acceptors (Lipinski definition) is 4. The van der Waals surface area contributed by atoms with E-state index in [0.29, 0.717) is 41.6 Å². The Balaban J connectivity index is 1.37. The molecule has 2 heterocycles. The van der Waals surface area contributed by atoms with Gasteiger partial charge in [0.2, 0.25) is 5.91 Å². The van der Waals surface area contributed by atoms with Crippen LogP contribution >= 0.6 is 11.6 Å². The first-order chi connectivity index (χ1) is 17.1. The third-order valence-corrected chi connectivity index (χ3v) is 6.60. The van der Waals surface area contributed by atoms with Crippen molar-refractivity contribution in [1.29, 1.82) is 0 Å². The Morgan fingerprint density at radius 1 is 1.06 bits per heavy atom. The van der Waals surface area contributed by atoms with Crippen LogP contribution in [0.5, 0.6) is 0 Å². The van der Waals surface area contributed by atoms with Gasteiger partial charge in [0.15, 0.2) is 0 Å². The quantitative estimate of drug-likeness (QED) is 0.311. The van der Waals surface area contributed by atoms with Crippen LogP contribution in [-0.4, -0.2) is 26.8 Å². The summed E-state index contributed by atoms with van der Waals surface area (Å²) in [6, 6.07) is 9.64. The van der Waals surface area contributed by atoms with Crippen LogP contribution in [0.2, 0.25) is 5.02 Å². The van der Waals surface area contributed by atoms with E-state index in [0.717, 1.165) is 17.0 Å². The van der Waals surface area contributed by atoms with Crippen molar-refractivity contribution in [2.45, 2.75) is 31.4 Å². The fourth-order valence-electron chi connectivity index (χ4n) is 4.11. The molecule has 5 rings (SSSR count). The number of rotatable bonds is 5. The first kappa shape index (κ1) is 23.8. The third kappa shape index (κ3) is 4.28. The highest BCUT2D eigenvalue weighted by Gasteiger charge is 2.53. The van der Waals surface area contributed by atoms with Crippen LogP contribution in [0.1, 0.15) is 40.0 Å². The summed E-state index contributed by atoms with van der Waals surface area (Å²) in [6.07, 6.45) is -0.272. The summed E-state index contributed by atoms with van der Waals surface area (Å²) >= 11 is 5.64. The van der Waals surface area contributed by atoms with E-state index in [9.17, 15) is 22.8 Å². The Bertz CT molecular complexity index is 1510. The molecule has 1 fully saturated rings. The molecule has 2 aromatic heterocycles. The number of hydrogen-bond donors (Lipinski definition) is 3. The molecule has 4 aromatic rings. The normalized spacial score (nSPS) is 14.5. The molecule has 7 nitrogen and oxygen atoms in total. The molecule has 0 spiro atoms. The Labute approximate surface area is 208 Å². The van der Waals surface area contributed by atoms with Gasteiger partial charge >= 0.3 is 6.18 Å². The monoisotopic (exact) mass is 513 g/mol. The highest BCUT2D eigenvalue weighted by Crippen LogP contribution is 2.50. The maximum atomic E-state index is 13.3. The van der Waals surface area contributed by atoms with E-state index < -0.39 is 28.1 Å². The number of nitrogens with one attached hydrogen (secondary N) is 3. The minimum Gasteiger partial charge on any atom is -0.346 e. The lowest BCUT2D eigenvalue weighted by molar-refractivity contribution is -0.137. The lowest BCUT2D eigenvalue weighted by Crippen LogP contribution is -2.29. The third-order valence-electron chi connectivity index (χ3n) is 6.27. The van der Waals surface area contributed by atoms with Crippen molar-refractivity contribution in [3.05, 3.63) is 82.4 Å². The molecule has 0 aliphatic heterocycles. The van der Waals surface area contributed by atoms with Gasteiger partial charge in [-0.1, -0.05) is 17.7 Å². The van der Waals surface area contributed by atoms with E-state index in [1.165, 1.54) is 12.4 Å². The molecule has 11 heteroatoms. The number of amides is 2. The predicted octanol–water partition coefficient (Wildman–Crippen LogP) is 5.86. The highest BCUT2D eigenvalue weighted by atomic mass is 35.5. The molecular weight excluding hydrogens is 495 g/mol. The molecule has 0 atom stereocenters. The number of fused-ring (bicyclic) bond motifs is 1. The largest absolute Gasteiger partial charge is 0.417 e. The molecule has 1 saturated carbocycles. The van der Waals surface area contributed by atoms with Crippen LogP contribution in [-0.2, 0) is 16.4 Å². The number of H-pyrrole nitrogens is 1. The molecule has 1 aliphatic rings. The van der Waals surface area contributed by atoms with Gasteiger partial charge in [0.05, 0.1) is 21.7 Å². The van der Waals surface area contributed by atoms with Crippen molar-refractivity contribution in [2.24, 2.45) is 0 Å². The van der Waals surface area contributed by atoms with E-state index in [4.69, 9.17) is 11.6 Å². The molecular formula is C25H19ClF3N5O2.